The monoisotopic (exact) mass is 255 g/mol. The second kappa shape index (κ2) is 6.98. The van der Waals surface area contributed by atoms with E-state index in [1.54, 1.807) is 4.90 Å². The fraction of sp³-hybridized carbons (Fsp3) is 0.750. The van der Waals surface area contributed by atoms with Crippen molar-refractivity contribution in [2.45, 2.75) is 26.7 Å². The number of nitrogens with one attached hydrogen (secondary N) is 1. The maximum atomic E-state index is 11.8. The van der Waals surface area contributed by atoms with Gasteiger partial charge in [0.15, 0.2) is 0 Å². The summed E-state index contributed by atoms with van der Waals surface area (Å²) in [4.78, 5) is 37.6. The van der Waals surface area contributed by atoms with Gasteiger partial charge in [-0.05, 0) is 6.42 Å². The molecule has 0 aromatic carbocycles. The molecule has 0 spiro atoms. The van der Waals surface area contributed by atoms with Crippen molar-refractivity contribution < 1.29 is 14.4 Å². The van der Waals surface area contributed by atoms with Crippen molar-refractivity contribution >= 4 is 17.7 Å². The molecule has 1 aliphatic rings. The first kappa shape index (κ1) is 14.5. The van der Waals surface area contributed by atoms with Crippen LogP contribution in [0, 0.1) is 0 Å². The highest BCUT2D eigenvalue weighted by Crippen LogP contribution is 2.02. The van der Waals surface area contributed by atoms with Gasteiger partial charge in [0.05, 0.1) is 0 Å². The van der Waals surface area contributed by atoms with Gasteiger partial charge in [0.1, 0.15) is 0 Å². The number of hydrogen-bond acceptors (Lipinski definition) is 3. The molecule has 1 rings (SSSR count). The number of rotatable bonds is 3. The zero-order valence-corrected chi connectivity index (χ0v) is 11.1. The van der Waals surface area contributed by atoms with E-state index in [9.17, 15) is 14.4 Å². The van der Waals surface area contributed by atoms with Crippen LogP contribution < -0.4 is 5.32 Å². The Hall–Kier alpha value is -1.59. The van der Waals surface area contributed by atoms with E-state index in [-0.39, 0.29) is 5.91 Å². The minimum atomic E-state index is -0.542. The van der Waals surface area contributed by atoms with Crippen molar-refractivity contribution in [3.63, 3.8) is 0 Å². The number of nitrogens with zero attached hydrogens (tertiary/aromatic N) is 2. The van der Waals surface area contributed by atoms with Crippen LogP contribution in [0.2, 0.25) is 0 Å². The van der Waals surface area contributed by atoms with E-state index in [1.165, 1.54) is 11.8 Å². The molecule has 0 atom stereocenters. The number of carbonyl (C=O) groups excluding carboxylic acids is 3. The van der Waals surface area contributed by atoms with Crippen LogP contribution >= 0.6 is 0 Å². The molecular formula is C12H21N3O3. The summed E-state index contributed by atoms with van der Waals surface area (Å²) >= 11 is 0. The zero-order valence-electron chi connectivity index (χ0n) is 11.1. The Morgan fingerprint density at radius 1 is 1.06 bits per heavy atom. The third-order valence-corrected chi connectivity index (χ3v) is 3.02. The summed E-state index contributed by atoms with van der Waals surface area (Å²) in [6.07, 6.45) is 1.85. The van der Waals surface area contributed by atoms with Gasteiger partial charge in [0, 0.05) is 39.6 Å². The average Bonchev–Trinajstić information content (AvgIpc) is 2.38. The lowest BCUT2D eigenvalue weighted by atomic mass is 10.3. The summed E-state index contributed by atoms with van der Waals surface area (Å²) in [5.74, 6) is -1.02. The van der Waals surface area contributed by atoms with E-state index >= 15 is 0 Å². The van der Waals surface area contributed by atoms with Gasteiger partial charge in [-0.25, -0.2) is 0 Å². The quantitative estimate of drug-likeness (QED) is 0.551. The standard InChI is InChI=1S/C12H21N3O3/c1-3-4-5-13-11(17)12(18)15-8-6-14(7-9-15)10(2)16/h3-9H2,1-2H3,(H,13,17). The fourth-order valence-corrected chi connectivity index (χ4v) is 1.82. The average molecular weight is 255 g/mol. The van der Waals surface area contributed by atoms with Gasteiger partial charge in [-0.1, -0.05) is 13.3 Å². The lowest BCUT2D eigenvalue weighted by Crippen LogP contribution is -2.53. The van der Waals surface area contributed by atoms with Crippen molar-refractivity contribution in [3.8, 4) is 0 Å². The van der Waals surface area contributed by atoms with Gasteiger partial charge < -0.3 is 15.1 Å². The predicted octanol–water partition coefficient (Wildman–Crippen LogP) is -0.407. The Morgan fingerprint density at radius 2 is 1.61 bits per heavy atom. The predicted molar refractivity (Wildman–Crippen MR) is 66.8 cm³/mol. The summed E-state index contributed by atoms with van der Waals surface area (Å²) < 4.78 is 0. The zero-order chi connectivity index (χ0) is 13.5. The lowest BCUT2D eigenvalue weighted by Gasteiger charge is -2.33. The lowest BCUT2D eigenvalue weighted by molar-refractivity contribution is -0.148. The Labute approximate surface area is 107 Å². The highest BCUT2D eigenvalue weighted by molar-refractivity contribution is 6.35. The van der Waals surface area contributed by atoms with Gasteiger partial charge >= 0.3 is 11.8 Å². The minimum Gasteiger partial charge on any atom is -0.348 e. The molecule has 0 radical (unpaired) electrons. The van der Waals surface area contributed by atoms with Gasteiger partial charge in [0.25, 0.3) is 0 Å². The molecular weight excluding hydrogens is 234 g/mol. The van der Waals surface area contributed by atoms with Crippen LogP contribution in [0.5, 0.6) is 0 Å². The van der Waals surface area contributed by atoms with E-state index in [0.29, 0.717) is 32.7 Å². The maximum absolute atomic E-state index is 11.8. The Morgan fingerprint density at radius 3 is 2.11 bits per heavy atom. The second-order valence-corrected chi connectivity index (χ2v) is 4.41. The number of carbonyl (C=O) groups is 3. The first-order chi connectivity index (χ1) is 8.56. The first-order valence-electron chi connectivity index (χ1n) is 6.39. The maximum Gasteiger partial charge on any atom is 0.312 e. The Balaban J connectivity index is 2.35. The van der Waals surface area contributed by atoms with Gasteiger partial charge in [0.2, 0.25) is 5.91 Å². The number of amides is 3. The topological polar surface area (TPSA) is 69.7 Å². The third-order valence-electron chi connectivity index (χ3n) is 3.02. The smallest absolute Gasteiger partial charge is 0.312 e. The van der Waals surface area contributed by atoms with Crippen molar-refractivity contribution in [3.05, 3.63) is 0 Å². The molecule has 1 aliphatic heterocycles. The van der Waals surface area contributed by atoms with Crippen LogP contribution in [-0.2, 0) is 14.4 Å². The van der Waals surface area contributed by atoms with Crippen molar-refractivity contribution in [2.75, 3.05) is 32.7 Å². The highest BCUT2D eigenvalue weighted by Gasteiger charge is 2.26. The van der Waals surface area contributed by atoms with Crippen LogP contribution in [0.1, 0.15) is 26.7 Å². The van der Waals surface area contributed by atoms with Crippen LogP contribution in [0.3, 0.4) is 0 Å². The second-order valence-electron chi connectivity index (χ2n) is 4.41. The molecule has 6 nitrogen and oxygen atoms in total. The molecule has 1 saturated heterocycles. The Kier molecular flexibility index (Phi) is 5.61. The number of hydrogen-bond donors (Lipinski definition) is 1. The largest absolute Gasteiger partial charge is 0.348 e. The summed E-state index contributed by atoms with van der Waals surface area (Å²) in [6.45, 7) is 5.93. The molecule has 1 heterocycles. The van der Waals surface area contributed by atoms with Crippen molar-refractivity contribution in [2.24, 2.45) is 0 Å². The third kappa shape index (κ3) is 4.01. The molecule has 1 N–H and O–H groups in total. The molecule has 0 aromatic heterocycles. The molecule has 18 heavy (non-hydrogen) atoms. The van der Waals surface area contributed by atoms with E-state index in [2.05, 4.69) is 5.32 Å². The van der Waals surface area contributed by atoms with Crippen molar-refractivity contribution in [1.82, 2.24) is 15.1 Å². The van der Waals surface area contributed by atoms with Gasteiger partial charge in [-0.3, -0.25) is 14.4 Å². The van der Waals surface area contributed by atoms with Crippen LogP contribution in [0.15, 0.2) is 0 Å². The molecule has 0 aromatic rings. The van der Waals surface area contributed by atoms with E-state index < -0.39 is 11.8 Å². The van der Waals surface area contributed by atoms with Crippen LogP contribution in [-0.4, -0.2) is 60.2 Å². The summed E-state index contributed by atoms with van der Waals surface area (Å²) in [7, 11) is 0. The number of unbranched alkanes of at least 4 members (excludes halogenated alkanes) is 1. The Bertz CT molecular complexity index is 323. The summed E-state index contributed by atoms with van der Waals surface area (Å²) in [5, 5.41) is 2.60. The molecule has 0 bridgehead atoms. The SMILES string of the molecule is CCCCNC(=O)C(=O)N1CCN(C(C)=O)CC1. The molecule has 3 amide bonds. The van der Waals surface area contributed by atoms with Crippen molar-refractivity contribution in [1.29, 1.82) is 0 Å². The van der Waals surface area contributed by atoms with Crippen LogP contribution in [0.4, 0.5) is 0 Å². The number of piperazine rings is 1. The minimum absolute atomic E-state index is 0.00879. The first-order valence-corrected chi connectivity index (χ1v) is 6.39. The molecule has 0 aliphatic carbocycles. The summed E-state index contributed by atoms with van der Waals surface area (Å²) in [5.41, 5.74) is 0. The molecule has 1 fully saturated rings. The van der Waals surface area contributed by atoms with Crippen LogP contribution in [0.25, 0.3) is 0 Å². The summed E-state index contributed by atoms with van der Waals surface area (Å²) in [6, 6.07) is 0. The molecule has 0 unspecified atom stereocenters. The van der Waals surface area contributed by atoms with E-state index in [1.807, 2.05) is 6.92 Å². The molecule has 0 saturated carbocycles. The van der Waals surface area contributed by atoms with E-state index in [4.69, 9.17) is 0 Å². The van der Waals surface area contributed by atoms with Gasteiger partial charge in [-0.2, -0.15) is 0 Å². The normalized spacial score (nSPS) is 15.4. The fourth-order valence-electron chi connectivity index (χ4n) is 1.82. The van der Waals surface area contributed by atoms with E-state index in [0.717, 1.165) is 12.8 Å². The molecule has 102 valence electrons. The highest BCUT2D eigenvalue weighted by atomic mass is 16.2. The molecule has 6 heteroatoms. The van der Waals surface area contributed by atoms with Gasteiger partial charge in [-0.15, -0.1) is 0 Å².